The number of unbranched alkanes of at least 4 members (excludes halogenated alkanes) is 8. The minimum atomic E-state index is 0.0324. The summed E-state index contributed by atoms with van der Waals surface area (Å²) in [6.07, 6.45) is 16.6. The molecule has 1 atom stereocenters. The van der Waals surface area contributed by atoms with E-state index in [2.05, 4.69) is 32.0 Å². The highest BCUT2D eigenvalue weighted by Crippen LogP contribution is 2.49. The van der Waals surface area contributed by atoms with Gasteiger partial charge in [0.05, 0.1) is 25.8 Å². The van der Waals surface area contributed by atoms with Crippen molar-refractivity contribution in [2.24, 2.45) is 5.92 Å². The number of carbonyl (C=O) groups excluding carboxylic acids is 2. The fraction of sp³-hybridized carbons (Fsp3) is 0.471. The van der Waals surface area contributed by atoms with E-state index in [1.807, 2.05) is 22.9 Å². The molecule has 0 bridgehead atoms. The summed E-state index contributed by atoms with van der Waals surface area (Å²) in [5, 5.41) is 4.08. The molecule has 4 heterocycles. The number of thiophene rings is 4. The van der Waals surface area contributed by atoms with Crippen molar-refractivity contribution in [3.8, 4) is 19.5 Å². The second kappa shape index (κ2) is 14.4. The van der Waals surface area contributed by atoms with E-state index in [0.717, 1.165) is 25.9 Å². The minimum Gasteiger partial charge on any atom is -0.288 e. The lowest BCUT2D eigenvalue weighted by atomic mass is 9.87. The molecule has 0 amide bonds. The molecule has 0 aromatic carbocycles. The van der Waals surface area contributed by atoms with Crippen molar-refractivity contribution in [3.05, 3.63) is 67.5 Å². The van der Waals surface area contributed by atoms with E-state index < -0.39 is 0 Å². The Labute approximate surface area is 255 Å². The van der Waals surface area contributed by atoms with E-state index in [0.29, 0.717) is 27.5 Å². The smallest absolute Gasteiger partial charge is 0.205 e. The summed E-state index contributed by atoms with van der Waals surface area (Å²) < 4.78 is 0. The van der Waals surface area contributed by atoms with Gasteiger partial charge in [-0.1, -0.05) is 103 Å². The number of carbonyl (C=O) groups is 2. The van der Waals surface area contributed by atoms with E-state index in [4.69, 9.17) is 0 Å². The lowest BCUT2D eigenvalue weighted by Gasteiger charge is -2.16. The van der Waals surface area contributed by atoms with Crippen LogP contribution in [-0.2, 0) is 6.42 Å². The molecule has 0 saturated carbocycles. The zero-order valence-electron chi connectivity index (χ0n) is 23.8. The van der Waals surface area contributed by atoms with Crippen LogP contribution in [0.25, 0.3) is 19.5 Å². The van der Waals surface area contributed by atoms with E-state index in [9.17, 15) is 9.59 Å². The molecule has 0 aliphatic heterocycles. The first-order valence-corrected chi connectivity index (χ1v) is 18.5. The Morgan fingerprint density at radius 1 is 0.650 bits per heavy atom. The lowest BCUT2D eigenvalue weighted by molar-refractivity contribution is 0.0984. The van der Waals surface area contributed by atoms with Crippen LogP contribution in [0.15, 0.2) is 41.1 Å². The zero-order chi connectivity index (χ0) is 27.9. The van der Waals surface area contributed by atoms with Crippen LogP contribution < -0.4 is 0 Å². The molecule has 1 aliphatic rings. The van der Waals surface area contributed by atoms with Crippen LogP contribution in [0.3, 0.4) is 0 Å². The predicted octanol–water partition coefficient (Wildman–Crippen LogP) is 11.9. The first kappa shape index (κ1) is 29.6. The van der Waals surface area contributed by atoms with Gasteiger partial charge in [-0.25, -0.2) is 0 Å². The largest absolute Gasteiger partial charge is 0.288 e. The Kier molecular flexibility index (Phi) is 10.6. The second-order valence-corrected chi connectivity index (χ2v) is 15.1. The van der Waals surface area contributed by atoms with Crippen molar-refractivity contribution >= 4 is 56.9 Å². The molecule has 212 valence electrons. The summed E-state index contributed by atoms with van der Waals surface area (Å²) in [4.78, 5) is 34.0. The zero-order valence-corrected chi connectivity index (χ0v) is 27.0. The summed E-state index contributed by atoms with van der Waals surface area (Å²) in [6.45, 7) is 4.54. The molecule has 0 fully saturated rings. The molecule has 0 N–H and O–H groups in total. The van der Waals surface area contributed by atoms with Crippen molar-refractivity contribution in [2.45, 2.75) is 97.3 Å². The summed E-state index contributed by atoms with van der Waals surface area (Å²) in [6, 6.07) is 10.2. The van der Waals surface area contributed by atoms with Gasteiger partial charge in [0, 0.05) is 20.2 Å². The van der Waals surface area contributed by atoms with Crippen LogP contribution in [0, 0.1) is 5.92 Å². The Morgan fingerprint density at radius 3 is 1.77 bits per heavy atom. The molecule has 1 aliphatic carbocycles. The predicted molar refractivity (Wildman–Crippen MR) is 176 cm³/mol. The molecule has 6 heteroatoms. The van der Waals surface area contributed by atoms with Crippen molar-refractivity contribution in [1.29, 1.82) is 0 Å². The Hall–Kier alpha value is -1.86. The fourth-order valence-corrected chi connectivity index (χ4v) is 10.1. The molecule has 40 heavy (non-hydrogen) atoms. The molecule has 2 nitrogen and oxygen atoms in total. The number of fused-ring (bicyclic) bond motifs is 2. The van der Waals surface area contributed by atoms with Crippen molar-refractivity contribution in [1.82, 2.24) is 0 Å². The lowest BCUT2D eigenvalue weighted by Crippen LogP contribution is -2.18. The summed E-state index contributed by atoms with van der Waals surface area (Å²) >= 11 is 6.46. The highest BCUT2D eigenvalue weighted by molar-refractivity contribution is 7.26. The summed E-state index contributed by atoms with van der Waals surface area (Å²) in [5.41, 5.74) is 1.89. The van der Waals surface area contributed by atoms with Gasteiger partial charge in [0.25, 0.3) is 0 Å². The van der Waals surface area contributed by atoms with Gasteiger partial charge in [-0.3, -0.25) is 9.59 Å². The van der Waals surface area contributed by atoms with Crippen LogP contribution in [0.5, 0.6) is 0 Å². The number of rotatable bonds is 16. The third-order valence-electron chi connectivity index (χ3n) is 8.01. The molecule has 1 unspecified atom stereocenters. The maximum atomic E-state index is 14.1. The number of hydrogen-bond acceptors (Lipinski definition) is 6. The average Bonchev–Trinajstić information content (AvgIpc) is 3.77. The van der Waals surface area contributed by atoms with Crippen LogP contribution in [-0.4, -0.2) is 11.6 Å². The van der Waals surface area contributed by atoms with Crippen LogP contribution in [0.1, 0.15) is 127 Å². The van der Waals surface area contributed by atoms with Gasteiger partial charge in [0.2, 0.25) is 5.78 Å². The van der Waals surface area contributed by atoms with Crippen LogP contribution >= 0.6 is 45.3 Å². The number of ketones is 2. The molecule has 0 spiro atoms. The maximum Gasteiger partial charge on any atom is 0.205 e. The van der Waals surface area contributed by atoms with E-state index in [1.165, 1.54) is 81.9 Å². The fourth-order valence-electron chi connectivity index (χ4n) is 5.86. The molecular formula is C34H40O2S4. The average molecular weight is 609 g/mol. The molecule has 4 aromatic rings. The highest BCUT2D eigenvalue weighted by Gasteiger charge is 2.39. The van der Waals surface area contributed by atoms with Gasteiger partial charge in [0.15, 0.2) is 5.78 Å². The first-order chi connectivity index (χ1) is 19.6. The van der Waals surface area contributed by atoms with Crippen molar-refractivity contribution in [3.63, 3.8) is 0 Å². The Morgan fingerprint density at radius 2 is 1.20 bits per heavy atom. The third-order valence-corrected chi connectivity index (χ3v) is 12.5. The summed E-state index contributed by atoms with van der Waals surface area (Å²) in [5.74, 6) is 0.703. The van der Waals surface area contributed by atoms with Crippen molar-refractivity contribution < 1.29 is 9.59 Å². The minimum absolute atomic E-state index is 0.0324. The third kappa shape index (κ3) is 6.61. The monoisotopic (exact) mass is 608 g/mol. The van der Waals surface area contributed by atoms with Gasteiger partial charge >= 0.3 is 0 Å². The van der Waals surface area contributed by atoms with Crippen LogP contribution in [0.2, 0.25) is 0 Å². The highest BCUT2D eigenvalue weighted by atomic mass is 32.1. The molecule has 0 radical (unpaired) electrons. The molecule has 0 saturated heterocycles. The molecule has 4 aromatic heterocycles. The second-order valence-electron chi connectivity index (χ2n) is 11.1. The topological polar surface area (TPSA) is 34.1 Å². The van der Waals surface area contributed by atoms with Gasteiger partial charge in [-0.15, -0.1) is 45.3 Å². The van der Waals surface area contributed by atoms with E-state index in [1.54, 1.807) is 45.3 Å². The first-order valence-electron chi connectivity index (χ1n) is 15.1. The van der Waals surface area contributed by atoms with Gasteiger partial charge < -0.3 is 0 Å². The quantitative estimate of drug-likeness (QED) is 0.104. The standard InChI is InChI=1S/C34H40O2S4/c1-3-5-7-9-10-12-16-23(15-11-8-6-4-2)21-24-22-25-30(35)28-29(31(36)32(25)39-24)34(27-18-14-20-38-27)40-33(28)26-17-13-19-37-26/h13-14,17-20,22-23H,3-12,15-16,21H2,1-2H3. The normalized spacial score (nSPS) is 13.6. The van der Waals surface area contributed by atoms with E-state index >= 15 is 0 Å². The van der Waals surface area contributed by atoms with E-state index in [-0.39, 0.29) is 11.6 Å². The molecular weight excluding hydrogens is 569 g/mol. The van der Waals surface area contributed by atoms with Crippen molar-refractivity contribution in [2.75, 3.05) is 0 Å². The van der Waals surface area contributed by atoms with Gasteiger partial charge in [-0.2, -0.15) is 0 Å². The maximum absolute atomic E-state index is 14.1. The molecule has 5 rings (SSSR count). The van der Waals surface area contributed by atoms with Crippen LogP contribution in [0.4, 0.5) is 0 Å². The number of hydrogen-bond donors (Lipinski definition) is 0. The van der Waals surface area contributed by atoms with Gasteiger partial charge in [-0.05, 0) is 41.3 Å². The Balaban J connectivity index is 1.39. The van der Waals surface area contributed by atoms with Gasteiger partial charge in [0.1, 0.15) is 0 Å². The SMILES string of the molecule is CCCCCCCCC(CCCCCC)Cc1cc2c(s1)C(=O)c1c(-c3cccs3)sc(-c3cccs3)c1C2=O. The summed E-state index contributed by atoms with van der Waals surface area (Å²) in [7, 11) is 0. The Bertz CT molecular complexity index is 1300.